The van der Waals surface area contributed by atoms with E-state index in [1.807, 2.05) is 11.5 Å². The van der Waals surface area contributed by atoms with E-state index in [1.165, 1.54) is 6.08 Å². The molecule has 0 saturated heterocycles. The minimum atomic E-state index is -1.11. The summed E-state index contributed by atoms with van der Waals surface area (Å²) in [5, 5.41) is 0. The lowest BCUT2D eigenvalue weighted by atomic mass is 9.70. The molecule has 132 valence electrons. The molecule has 1 fully saturated rings. The van der Waals surface area contributed by atoms with Gasteiger partial charge in [0.1, 0.15) is 11.5 Å². The van der Waals surface area contributed by atoms with Crippen LogP contribution in [0.5, 0.6) is 0 Å². The molecule has 2 heterocycles. The Morgan fingerprint density at radius 2 is 2.00 bits per heavy atom. The first-order chi connectivity index (χ1) is 11.3. The summed E-state index contributed by atoms with van der Waals surface area (Å²) in [7, 11) is 0. The number of aromatic nitrogens is 2. The first kappa shape index (κ1) is 17.4. The summed E-state index contributed by atoms with van der Waals surface area (Å²) in [6, 6.07) is -0.138. The van der Waals surface area contributed by atoms with Gasteiger partial charge in [-0.3, -0.25) is 0 Å². The lowest BCUT2D eigenvalue weighted by Crippen LogP contribution is -2.33. The van der Waals surface area contributed by atoms with Crippen molar-refractivity contribution in [2.75, 3.05) is 0 Å². The Balaban J connectivity index is 1.77. The maximum atomic E-state index is 15.2. The normalized spacial score (nSPS) is 25.9. The average molecular weight is 334 g/mol. The van der Waals surface area contributed by atoms with Crippen molar-refractivity contribution in [3.05, 3.63) is 35.7 Å². The Hall–Kier alpha value is -1.45. The highest BCUT2D eigenvalue weighted by molar-refractivity contribution is 5.72. The number of allylic oxidation sites excluding steroid dienone is 4. The van der Waals surface area contributed by atoms with Gasteiger partial charge in [0, 0.05) is 5.57 Å². The molecule has 1 atom stereocenters. The van der Waals surface area contributed by atoms with Crippen molar-refractivity contribution in [3.63, 3.8) is 0 Å². The van der Waals surface area contributed by atoms with Gasteiger partial charge >= 0.3 is 0 Å². The summed E-state index contributed by atoms with van der Waals surface area (Å²) in [6.45, 7) is 8.07. The van der Waals surface area contributed by atoms with Gasteiger partial charge in [0.05, 0.1) is 24.3 Å². The molecule has 24 heavy (non-hydrogen) atoms. The van der Waals surface area contributed by atoms with Crippen molar-refractivity contribution in [2.24, 2.45) is 5.41 Å². The monoisotopic (exact) mass is 334 g/mol. The van der Waals surface area contributed by atoms with E-state index in [-0.39, 0.29) is 17.3 Å². The van der Waals surface area contributed by atoms with E-state index >= 15 is 4.39 Å². The van der Waals surface area contributed by atoms with Crippen LogP contribution in [0.3, 0.4) is 0 Å². The van der Waals surface area contributed by atoms with Crippen molar-refractivity contribution >= 4 is 5.57 Å². The number of hydrogen-bond donors (Lipinski definition) is 0. The van der Waals surface area contributed by atoms with Crippen molar-refractivity contribution in [1.82, 2.24) is 9.55 Å². The van der Waals surface area contributed by atoms with Crippen molar-refractivity contribution < 1.29 is 8.78 Å². The second kappa shape index (κ2) is 6.12. The zero-order valence-electron chi connectivity index (χ0n) is 15.2. The van der Waals surface area contributed by atoms with Gasteiger partial charge in [0.25, 0.3) is 0 Å². The van der Waals surface area contributed by atoms with Gasteiger partial charge in [-0.25, -0.2) is 13.8 Å². The van der Waals surface area contributed by atoms with Gasteiger partial charge < -0.3 is 4.57 Å². The van der Waals surface area contributed by atoms with Crippen LogP contribution in [0.4, 0.5) is 8.78 Å². The minimum absolute atomic E-state index is 0.138. The molecule has 0 N–H and O–H groups in total. The quantitative estimate of drug-likeness (QED) is 0.643. The Morgan fingerprint density at radius 1 is 1.33 bits per heavy atom. The number of rotatable bonds is 4. The van der Waals surface area contributed by atoms with Crippen molar-refractivity contribution in [3.8, 4) is 0 Å². The van der Waals surface area contributed by atoms with Gasteiger partial charge in [-0.15, -0.1) is 0 Å². The maximum Gasteiger partial charge on any atom is 0.124 e. The zero-order valence-corrected chi connectivity index (χ0v) is 15.2. The van der Waals surface area contributed by atoms with Crippen LogP contribution in [-0.4, -0.2) is 15.2 Å². The number of halogens is 2. The molecule has 0 radical (unpaired) electrons. The average Bonchev–Trinajstić information content (AvgIpc) is 3.11. The fourth-order valence-corrected chi connectivity index (χ4v) is 4.17. The smallest absolute Gasteiger partial charge is 0.124 e. The van der Waals surface area contributed by atoms with Crippen LogP contribution >= 0.6 is 0 Å². The first-order valence-electron chi connectivity index (χ1n) is 9.00. The number of alkyl halides is 1. The van der Waals surface area contributed by atoms with Crippen LogP contribution in [0.2, 0.25) is 0 Å². The third-order valence-corrected chi connectivity index (χ3v) is 6.00. The molecule has 0 spiro atoms. The zero-order chi connectivity index (χ0) is 17.5. The molecule has 1 aliphatic carbocycles. The molecule has 2 nitrogen and oxygen atoms in total. The van der Waals surface area contributed by atoms with Crippen molar-refractivity contribution in [2.45, 2.75) is 77.9 Å². The lowest BCUT2D eigenvalue weighted by Gasteiger charge is -2.39. The van der Waals surface area contributed by atoms with E-state index in [2.05, 4.69) is 18.8 Å². The highest BCUT2D eigenvalue weighted by atomic mass is 19.1. The second-order valence-electron chi connectivity index (χ2n) is 8.23. The molecule has 0 aromatic carbocycles. The van der Waals surface area contributed by atoms with E-state index < -0.39 is 5.67 Å². The third kappa shape index (κ3) is 3.07. The number of fused-ring (bicyclic) bond motifs is 1. The maximum absolute atomic E-state index is 15.2. The van der Waals surface area contributed by atoms with Crippen molar-refractivity contribution in [1.29, 1.82) is 0 Å². The predicted octanol–water partition coefficient (Wildman–Crippen LogP) is 6.17. The molecule has 2 aliphatic rings. The summed E-state index contributed by atoms with van der Waals surface area (Å²) >= 11 is 0. The highest BCUT2D eigenvalue weighted by Crippen LogP contribution is 2.48. The Bertz CT molecular complexity index is 672. The van der Waals surface area contributed by atoms with Crippen LogP contribution in [0.1, 0.15) is 78.0 Å². The molecular weight excluding hydrogens is 306 g/mol. The molecule has 1 unspecified atom stereocenters. The summed E-state index contributed by atoms with van der Waals surface area (Å²) in [4.78, 5) is 4.19. The Morgan fingerprint density at radius 3 is 2.62 bits per heavy atom. The van der Waals surface area contributed by atoms with Gasteiger partial charge in [-0.2, -0.15) is 0 Å². The third-order valence-electron chi connectivity index (χ3n) is 6.00. The largest absolute Gasteiger partial charge is 0.323 e. The first-order valence-corrected chi connectivity index (χ1v) is 9.00. The van der Waals surface area contributed by atoms with E-state index in [9.17, 15) is 4.39 Å². The van der Waals surface area contributed by atoms with Gasteiger partial charge in [-0.1, -0.05) is 19.9 Å². The molecule has 3 rings (SSSR count). The summed E-state index contributed by atoms with van der Waals surface area (Å²) in [5.41, 5.74) is 1.72. The lowest BCUT2D eigenvalue weighted by molar-refractivity contribution is 0.0428. The summed E-state index contributed by atoms with van der Waals surface area (Å²) in [6.07, 6.45) is 9.21. The summed E-state index contributed by atoms with van der Waals surface area (Å²) < 4.78 is 31.7. The highest BCUT2D eigenvalue weighted by Gasteiger charge is 2.40. The molecule has 1 saturated carbocycles. The predicted molar refractivity (Wildman–Crippen MR) is 94.0 cm³/mol. The molecule has 1 aliphatic heterocycles. The second-order valence-corrected chi connectivity index (χ2v) is 8.23. The van der Waals surface area contributed by atoms with Gasteiger partial charge in [0.15, 0.2) is 0 Å². The SMILES string of the molecule is C/C=C(/F)C1=C(C)c2cncn2C1CCC1(F)CCC(C)(C)CC1. The van der Waals surface area contributed by atoms with Crippen LogP contribution in [0.15, 0.2) is 30.0 Å². The number of imidazole rings is 1. The summed E-state index contributed by atoms with van der Waals surface area (Å²) in [5.74, 6) is -0.195. The van der Waals surface area contributed by atoms with E-state index in [0.717, 1.165) is 24.1 Å². The van der Waals surface area contributed by atoms with E-state index in [1.54, 1.807) is 19.4 Å². The molecular formula is C20H28F2N2. The minimum Gasteiger partial charge on any atom is -0.323 e. The fraction of sp³-hybridized carbons (Fsp3) is 0.650. The standard InChI is InChI=1S/C20H28F2N2/c1-5-15(21)18-14(2)17-12-23-13-24(17)16(18)6-7-20(22)10-8-19(3,4)9-11-20/h5,12-13,16H,6-11H2,1-4H3/b15-5+. The molecule has 0 bridgehead atoms. The van der Waals surface area contributed by atoms with Crippen LogP contribution < -0.4 is 0 Å². The fourth-order valence-electron chi connectivity index (χ4n) is 4.17. The number of nitrogens with zero attached hydrogens (tertiary/aromatic N) is 2. The van der Waals surface area contributed by atoms with Gasteiger partial charge in [-0.05, 0) is 63.4 Å². The van der Waals surface area contributed by atoms with Crippen LogP contribution in [0, 0.1) is 5.41 Å². The van der Waals surface area contributed by atoms with Crippen LogP contribution in [0.25, 0.3) is 5.57 Å². The molecule has 1 aromatic heterocycles. The topological polar surface area (TPSA) is 17.8 Å². The molecule has 4 heteroatoms. The Kier molecular flexibility index (Phi) is 4.43. The number of hydrogen-bond acceptors (Lipinski definition) is 1. The molecule has 1 aromatic rings. The Labute approximate surface area is 143 Å². The van der Waals surface area contributed by atoms with E-state index in [4.69, 9.17) is 0 Å². The van der Waals surface area contributed by atoms with E-state index in [0.29, 0.717) is 31.3 Å². The van der Waals surface area contributed by atoms with Gasteiger partial charge in [0.2, 0.25) is 0 Å². The molecule has 0 amide bonds. The van der Waals surface area contributed by atoms with Crippen LogP contribution in [-0.2, 0) is 0 Å².